The third-order valence-corrected chi connectivity index (χ3v) is 14.5. The number of nitriles is 2. The van der Waals surface area contributed by atoms with E-state index in [0.29, 0.717) is 103 Å². The second-order valence-electron chi connectivity index (χ2n) is 24.7. The van der Waals surface area contributed by atoms with Crippen molar-refractivity contribution in [1.82, 2.24) is 45.2 Å². The van der Waals surface area contributed by atoms with E-state index in [-0.39, 0.29) is 75.8 Å². The number of ether oxygens (including phenoxy) is 5. The number of anilines is 5. The molecule has 4 heterocycles. The molecule has 14 N–H and O–H groups in total. The fraction of sp³-hybridized carbons (Fsp3) is 0.324. The molecule has 0 unspecified atom stereocenters. The van der Waals surface area contributed by atoms with Gasteiger partial charge >= 0.3 is 18.0 Å². The number of amides is 1. The normalized spacial score (nSPS) is 11.2. The number of aliphatic hydroxyl groups excluding tert-OH is 5. The number of aliphatic hydroxyl groups is 5. The number of nitrogens with two attached hydrogens (primary N) is 3. The SMILES string of the molecule is CC(C)(C)OC(=O)/C(C#N)=C/c1ccc(N(CCO)CCO)cc1.CC(C)(C)OC(=O)/C(C#N)=C/c1ccc(N(CCO)CCOC(=O)NCc2ccc(COc3nc(N)nc4nc[nH]c34)cc2)cc1.NCc1ccc(COc2nc(N)nc3nc[nH]c23)cc1.O=Cc1ccc(N(CCO)CCO)cc1. The maximum Gasteiger partial charge on any atom is 0.407 e. The highest BCUT2D eigenvalue weighted by Gasteiger charge is 2.22. The molecule has 0 bridgehead atoms. The van der Waals surface area contributed by atoms with Gasteiger partial charge in [0, 0.05) is 68.4 Å². The van der Waals surface area contributed by atoms with Gasteiger partial charge in [-0.15, -0.1) is 0 Å². The van der Waals surface area contributed by atoms with Crippen LogP contribution in [-0.4, -0.2) is 180 Å². The number of H-pyrrole nitrogens is 2. The molecule has 0 saturated heterocycles. The summed E-state index contributed by atoms with van der Waals surface area (Å²) in [7, 11) is 0. The third kappa shape index (κ3) is 27.6. The Hall–Kier alpha value is -12.1. The Bertz CT molecular complexity index is 4340. The van der Waals surface area contributed by atoms with Crippen LogP contribution in [0.15, 0.2) is 145 Å². The topological polar surface area (TPSA) is 472 Å². The van der Waals surface area contributed by atoms with Gasteiger partial charge in [0.25, 0.3) is 0 Å². The Balaban J connectivity index is 0.000000244. The molecule has 0 aliphatic heterocycles. The monoisotopic (exact) mass is 1440 g/mol. The van der Waals surface area contributed by atoms with E-state index in [9.17, 15) is 29.5 Å². The highest BCUT2D eigenvalue weighted by Crippen LogP contribution is 2.25. The molecule has 4 aromatic heterocycles. The van der Waals surface area contributed by atoms with E-state index in [2.05, 4.69) is 45.2 Å². The number of nitrogens with zero attached hydrogens (tertiary/aromatic N) is 11. The van der Waals surface area contributed by atoms with Crippen molar-refractivity contribution in [3.8, 4) is 23.9 Å². The number of benzene rings is 5. The molecule has 0 fully saturated rings. The van der Waals surface area contributed by atoms with E-state index in [0.717, 1.165) is 45.6 Å². The van der Waals surface area contributed by atoms with Gasteiger partial charge in [-0.1, -0.05) is 72.8 Å². The Morgan fingerprint density at radius 1 is 0.514 bits per heavy atom. The minimum absolute atomic E-state index is 0.0150. The second kappa shape index (κ2) is 41.7. The van der Waals surface area contributed by atoms with Crippen molar-refractivity contribution in [1.29, 1.82) is 10.5 Å². The van der Waals surface area contributed by atoms with Crippen LogP contribution < -0.4 is 46.7 Å². The van der Waals surface area contributed by atoms with E-state index < -0.39 is 29.2 Å². The van der Waals surface area contributed by atoms with Crippen molar-refractivity contribution in [3.05, 3.63) is 184 Å². The van der Waals surface area contributed by atoms with Crippen LogP contribution in [0.1, 0.15) is 85.3 Å². The van der Waals surface area contributed by atoms with Crippen LogP contribution >= 0.6 is 0 Å². The molecule has 0 aliphatic rings. The summed E-state index contributed by atoms with van der Waals surface area (Å²) >= 11 is 0. The van der Waals surface area contributed by atoms with Crippen molar-refractivity contribution in [2.24, 2.45) is 5.73 Å². The van der Waals surface area contributed by atoms with E-state index >= 15 is 0 Å². The van der Waals surface area contributed by atoms with Crippen LogP contribution in [0.4, 0.5) is 33.8 Å². The smallest absolute Gasteiger partial charge is 0.407 e. The molecule has 9 rings (SSSR count). The average molecular weight is 1440 g/mol. The number of hydrogen-bond donors (Lipinski definition) is 11. The Morgan fingerprint density at radius 2 is 0.867 bits per heavy atom. The molecule has 0 radical (unpaired) electrons. The number of aromatic amines is 2. The minimum atomic E-state index is -0.715. The predicted molar refractivity (Wildman–Crippen MR) is 395 cm³/mol. The molecule has 31 nitrogen and oxygen atoms in total. The van der Waals surface area contributed by atoms with Crippen LogP contribution in [0.25, 0.3) is 34.5 Å². The first kappa shape index (κ1) is 81.9. The molecule has 0 atom stereocenters. The zero-order valence-corrected chi connectivity index (χ0v) is 59.3. The van der Waals surface area contributed by atoms with Crippen LogP contribution in [0.5, 0.6) is 11.8 Å². The molecule has 1 amide bonds. The molecule has 105 heavy (non-hydrogen) atoms. The standard InChI is InChI=1S/C32H36N8O6.C18H24N2O4.C13H14N6O.C11H15NO3/c1-32(2,3)46-29(42)24(17-33)16-21-8-10-25(11-9-21)40(12-14-41)13-15-44-31(43)35-18-22-4-6-23(7-5-22)19-45-28-26-27(37-20-36-26)38-30(34)39-28;1-18(2,3)24-17(23)15(13-19)12-14-4-6-16(7-5-14)20(8-10-21)9-11-22;14-5-8-1-3-9(4-2-8)6-20-12-10-11(17-7-16-10)18-13(15)19-12;13-7-5-12(6-8-14)11-3-1-10(9-15)2-4-11/h4-11,16,20,41H,12-15,18-19H2,1-3H3,(H,35,43)(H3,34,36,37,38,39);4-7,12,21-22H,8-11H2,1-3H3;1-4,7H,5-6,14H2,(H3,15,16,17,18,19);1-4,9,13-14H,5-8H2/b24-16+;15-12+;;. The molecule has 9 aromatic rings. The van der Waals surface area contributed by atoms with Gasteiger partial charge in [0.15, 0.2) is 11.3 Å². The first-order chi connectivity index (χ1) is 50.4. The number of alkyl carbamates (subject to hydrolysis) is 1. The molecule has 0 spiro atoms. The fourth-order valence-corrected chi connectivity index (χ4v) is 9.47. The first-order valence-electron chi connectivity index (χ1n) is 33.1. The van der Waals surface area contributed by atoms with E-state index in [1.165, 1.54) is 24.8 Å². The number of imidazole rings is 2. The van der Waals surface area contributed by atoms with Gasteiger partial charge in [-0.25, -0.2) is 24.4 Å². The average Bonchev–Trinajstić information content (AvgIpc) is 1.72. The summed E-state index contributed by atoms with van der Waals surface area (Å²) in [5.41, 5.74) is 25.8. The highest BCUT2D eigenvalue weighted by molar-refractivity contribution is 5.99. The summed E-state index contributed by atoms with van der Waals surface area (Å²) < 4.78 is 27.3. The summed E-state index contributed by atoms with van der Waals surface area (Å²) in [6.07, 6.45) is 6.16. The minimum Gasteiger partial charge on any atom is -0.471 e. The third-order valence-electron chi connectivity index (χ3n) is 14.5. The molecule has 0 aliphatic carbocycles. The second-order valence-corrected chi connectivity index (χ2v) is 24.7. The number of carbonyl (C=O) groups excluding carboxylic acids is 4. The lowest BCUT2D eigenvalue weighted by atomic mass is 10.1. The number of fused-ring (bicyclic) bond motifs is 2. The quantitative estimate of drug-likeness (QED) is 0.00754. The molecular formula is C74H89N17O14. The zero-order chi connectivity index (χ0) is 76.3. The summed E-state index contributed by atoms with van der Waals surface area (Å²) in [4.78, 5) is 82.8. The number of nitrogen functional groups attached to an aromatic ring is 2. The Labute approximate surface area is 607 Å². The van der Waals surface area contributed by atoms with Crippen molar-refractivity contribution in [2.45, 2.75) is 79.0 Å². The van der Waals surface area contributed by atoms with Crippen LogP contribution in [0.2, 0.25) is 0 Å². The molecule has 5 aromatic carbocycles. The number of hydrogen-bond acceptors (Lipinski definition) is 28. The lowest BCUT2D eigenvalue weighted by Gasteiger charge is -2.24. The van der Waals surface area contributed by atoms with E-state index in [1.807, 2.05) is 75.4 Å². The van der Waals surface area contributed by atoms with Gasteiger partial charge < -0.3 is 96.4 Å². The summed E-state index contributed by atoms with van der Waals surface area (Å²) in [6, 6.07) is 40.4. The number of aldehydes is 1. The van der Waals surface area contributed by atoms with Crippen LogP contribution in [0, 0.1) is 22.7 Å². The Morgan fingerprint density at radius 3 is 1.21 bits per heavy atom. The number of aromatic nitrogens is 8. The van der Waals surface area contributed by atoms with Crippen molar-refractivity contribution in [2.75, 3.05) is 105 Å². The lowest BCUT2D eigenvalue weighted by molar-refractivity contribution is -0.150. The zero-order valence-electron chi connectivity index (χ0n) is 59.3. The van der Waals surface area contributed by atoms with Gasteiger partial charge in [0.1, 0.15) is 71.6 Å². The van der Waals surface area contributed by atoms with Crippen LogP contribution in [-0.2, 0) is 50.1 Å². The van der Waals surface area contributed by atoms with Gasteiger partial charge in [0.05, 0.1) is 52.2 Å². The fourth-order valence-electron chi connectivity index (χ4n) is 9.47. The summed E-state index contributed by atoms with van der Waals surface area (Å²) in [5, 5.41) is 66.6. The van der Waals surface area contributed by atoms with E-state index in [1.54, 1.807) is 114 Å². The molecule has 554 valence electrons. The van der Waals surface area contributed by atoms with Gasteiger partial charge in [-0.05, 0) is 136 Å². The highest BCUT2D eigenvalue weighted by atomic mass is 16.6. The maximum absolute atomic E-state index is 12.3. The molecule has 31 heteroatoms. The summed E-state index contributed by atoms with van der Waals surface area (Å²) in [5.74, 6) is -0.437. The predicted octanol–water partition coefficient (Wildman–Crippen LogP) is 6.48. The largest absolute Gasteiger partial charge is 0.471 e. The van der Waals surface area contributed by atoms with Crippen molar-refractivity contribution >= 4 is 87.8 Å². The molecule has 0 saturated carbocycles. The summed E-state index contributed by atoms with van der Waals surface area (Å²) in [6.45, 7) is 14.3. The Kier molecular flexibility index (Phi) is 32.5. The van der Waals surface area contributed by atoms with Crippen molar-refractivity contribution in [3.63, 3.8) is 0 Å². The number of esters is 2. The number of nitrogens with one attached hydrogen (secondary N) is 3. The number of carbonyl (C=O) groups is 4. The van der Waals surface area contributed by atoms with Crippen LogP contribution in [0.3, 0.4) is 0 Å². The van der Waals surface area contributed by atoms with Gasteiger partial charge in [-0.2, -0.15) is 30.5 Å². The van der Waals surface area contributed by atoms with Gasteiger partial charge in [0.2, 0.25) is 23.7 Å². The number of rotatable bonds is 30. The van der Waals surface area contributed by atoms with Crippen molar-refractivity contribution < 1.29 is 68.4 Å². The maximum atomic E-state index is 12.3. The first-order valence-corrected chi connectivity index (χ1v) is 33.1. The van der Waals surface area contributed by atoms with Gasteiger partial charge in [-0.3, -0.25) is 4.79 Å². The lowest BCUT2D eigenvalue weighted by Crippen LogP contribution is -2.32. The van der Waals surface area contributed by atoms with E-state index in [4.69, 9.17) is 66.6 Å². The molecular weight excluding hydrogens is 1350 g/mol.